The highest BCUT2D eigenvalue weighted by atomic mass is 35.5. The Bertz CT molecular complexity index is 532. The van der Waals surface area contributed by atoms with Gasteiger partial charge in [-0.1, -0.05) is 18.7 Å². The molecule has 6 nitrogen and oxygen atoms in total. The maximum Gasteiger partial charge on any atom is 0.233 e. The number of amides is 1. The number of halogens is 1. The maximum atomic E-state index is 12.5. The summed E-state index contributed by atoms with van der Waals surface area (Å²) < 4.78 is 0. The van der Waals surface area contributed by atoms with Crippen LogP contribution in [-0.2, 0) is 11.2 Å². The van der Waals surface area contributed by atoms with Crippen molar-refractivity contribution in [3.05, 3.63) is 5.82 Å². The smallest absolute Gasteiger partial charge is 0.233 e. The Kier molecular flexibility index (Phi) is 7.37. The molecule has 1 aromatic rings. The van der Waals surface area contributed by atoms with Crippen molar-refractivity contribution in [2.24, 2.45) is 5.41 Å². The minimum Gasteiger partial charge on any atom is -0.342 e. The molecule has 0 atom stereocenters. The number of thioether (sulfide) groups is 1. The monoisotopic (exact) mass is 373 g/mol. The van der Waals surface area contributed by atoms with E-state index in [2.05, 4.69) is 25.4 Å². The van der Waals surface area contributed by atoms with Crippen molar-refractivity contribution in [1.82, 2.24) is 25.4 Å². The van der Waals surface area contributed by atoms with Gasteiger partial charge in [0.05, 0.1) is 5.75 Å². The highest BCUT2D eigenvalue weighted by Gasteiger charge is 2.34. The van der Waals surface area contributed by atoms with E-state index in [4.69, 9.17) is 0 Å². The number of piperidine rings is 1. The molecule has 24 heavy (non-hydrogen) atoms. The second kappa shape index (κ2) is 9.06. The third-order valence-electron chi connectivity index (χ3n) is 5.23. The van der Waals surface area contributed by atoms with Crippen LogP contribution in [0, 0.1) is 5.41 Å². The topological polar surface area (TPSA) is 73.9 Å². The first-order chi connectivity index (χ1) is 11.2. The van der Waals surface area contributed by atoms with Crippen LogP contribution in [0.4, 0.5) is 0 Å². The number of carbonyl (C=O) groups is 1. The standard InChI is InChI=1S/C16H27N5OS.ClH/c1-2-13-18-15(20-19-13)23-12-14(22)21-10-3-4-16(7-11-21)5-8-17-9-6-16;/h17H,2-12H2,1H3,(H,18,19,20);1H. The minimum absolute atomic E-state index is 0. The van der Waals surface area contributed by atoms with Crippen LogP contribution in [0.1, 0.15) is 44.9 Å². The fraction of sp³-hybridized carbons (Fsp3) is 0.812. The van der Waals surface area contributed by atoms with Crippen LogP contribution in [0.5, 0.6) is 0 Å². The first kappa shape index (κ1) is 19.5. The zero-order chi connectivity index (χ0) is 16.1. The first-order valence-electron chi connectivity index (χ1n) is 8.73. The van der Waals surface area contributed by atoms with E-state index in [0.717, 1.165) is 51.3 Å². The molecule has 1 spiro atoms. The molecule has 2 aliphatic heterocycles. The van der Waals surface area contributed by atoms with Crippen molar-refractivity contribution in [3.8, 4) is 0 Å². The zero-order valence-electron chi connectivity index (χ0n) is 14.3. The van der Waals surface area contributed by atoms with Gasteiger partial charge in [0.15, 0.2) is 0 Å². The normalized spacial score (nSPS) is 20.5. The number of carbonyl (C=O) groups excluding carboxylic acids is 1. The maximum absolute atomic E-state index is 12.5. The lowest BCUT2D eigenvalue weighted by atomic mass is 9.73. The molecule has 0 aliphatic carbocycles. The largest absolute Gasteiger partial charge is 0.342 e. The second-order valence-electron chi connectivity index (χ2n) is 6.69. The summed E-state index contributed by atoms with van der Waals surface area (Å²) in [7, 11) is 0. The van der Waals surface area contributed by atoms with Gasteiger partial charge in [-0.25, -0.2) is 4.98 Å². The van der Waals surface area contributed by atoms with Crippen LogP contribution in [0.25, 0.3) is 0 Å². The summed E-state index contributed by atoms with van der Waals surface area (Å²) in [5.74, 6) is 1.54. The van der Waals surface area contributed by atoms with Crippen LogP contribution in [-0.4, -0.2) is 57.9 Å². The van der Waals surface area contributed by atoms with Gasteiger partial charge in [-0.15, -0.1) is 17.5 Å². The van der Waals surface area contributed by atoms with Crippen molar-refractivity contribution in [3.63, 3.8) is 0 Å². The quantitative estimate of drug-likeness (QED) is 0.792. The molecule has 0 radical (unpaired) electrons. The highest BCUT2D eigenvalue weighted by Crippen LogP contribution is 2.39. The van der Waals surface area contributed by atoms with Crippen molar-refractivity contribution in [1.29, 1.82) is 0 Å². The number of H-pyrrole nitrogens is 1. The van der Waals surface area contributed by atoms with Gasteiger partial charge in [0.2, 0.25) is 11.1 Å². The zero-order valence-corrected chi connectivity index (χ0v) is 16.0. The Morgan fingerprint density at radius 2 is 2.04 bits per heavy atom. The lowest BCUT2D eigenvalue weighted by Crippen LogP contribution is -2.38. The Morgan fingerprint density at radius 3 is 2.75 bits per heavy atom. The van der Waals surface area contributed by atoms with E-state index in [1.54, 1.807) is 0 Å². The van der Waals surface area contributed by atoms with Gasteiger partial charge in [-0.05, 0) is 50.6 Å². The summed E-state index contributed by atoms with van der Waals surface area (Å²) in [4.78, 5) is 18.9. The van der Waals surface area contributed by atoms with Crippen LogP contribution in [0.3, 0.4) is 0 Å². The summed E-state index contributed by atoms with van der Waals surface area (Å²) >= 11 is 1.44. The van der Waals surface area contributed by atoms with Crippen molar-refractivity contribution in [2.75, 3.05) is 31.9 Å². The molecule has 8 heteroatoms. The van der Waals surface area contributed by atoms with Crippen LogP contribution < -0.4 is 5.32 Å². The summed E-state index contributed by atoms with van der Waals surface area (Å²) in [6.07, 6.45) is 6.93. The number of aryl methyl sites for hydroxylation is 1. The molecule has 1 aromatic heterocycles. The van der Waals surface area contributed by atoms with Gasteiger partial charge >= 0.3 is 0 Å². The van der Waals surface area contributed by atoms with Gasteiger partial charge in [-0.3, -0.25) is 9.89 Å². The molecule has 0 bridgehead atoms. The molecule has 3 rings (SSSR count). The number of likely N-dealkylation sites (tertiary alicyclic amines) is 1. The number of aromatic nitrogens is 3. The van der Waals surface area contributed by atoms with Gasteiger partial charge in [0.25, 0.3) is 0 Å². The molecular formula is C16H28ClN5OS. The van der Waals surface area contributed by atoms with E-state index in [9.17, 15) is 4.79 Å². The van der Waals surface area contributed by atoms with Crippen LogP contribution in [0.2, 0.25) is 0 Å². The lowest BCUT2D eigenvalue weighted by molar-refractivity contribution is -0.128. The van der Waals surface area contributed by atoms with E-state index in [0.29, 0.717) is 16.3 Å². The number of hydrogen-bond donors (Lipinski definition) is 2. The molecule has 2 fully saturated rings. The Labute approximate surface area is 154 Å². The predicted octanol–water partition coefficient (Wildman–Crippen LogP) is 2.26. The fourth-order valence-electron chi connectivity index (χ4n) is 3.68. The van der Waals surface area contributed by atoms with E-state index in [1.807, 2.05) is 6.92 Å². The molecule has 0 aromatic carbocycles. The molecule has 0 saturated carbocycles. The number of rotatable bonds is 4. The van der Waals surface area contributed by atoms with Crippen molar-refractivity contribution in [2.45, 2.75) is 50.6 Å². The van der Waals surface area contributed by atoms with E-state index in [-0.39, 0.29) is 18.3 Å². The average Bonchev–Trinajstić information content (AvgIpc) is 2.95. The molecule has 1 amide bonds. The Hall–Kier alpha value is -0.790. The number of aromatic amines is 1. The van der Waals surface area contributed by atoms with Crippen LogP contribution in [0.15, 0.2) is 5.16 Å². The van der Waals surface area contributed by atoms with E-state index >= 15 is 0 Å². The summed E-state index contributed by atoms with van der Waals surface area (Å²) in [5.41, 5.74) is 0.479. The second-order valence-corrected chi connectivity index (χ2v) is 7.63. The molecule has 136 valence electrons. The molecule has 2 aliphatic rings. The molecule has 2 N–H and O–H groups in total. The molecule has 0 unspecified atom stereocenters. The molecule has 2 saturated heterocycles. The third-order valence-corrected chi connectivity index (χ3v) is 6.07. The van der Waals surface area contributed by atoms with Crippen molar-refractivity contribution < 1.29 is 4.79 Å². The summed E-state index contributed by atoms with van der Waals surface area (Å²) in [6, 6.07) is 0. The third kappa shape index (κ3) is 4.86. The van der Waals surface area contributed by atoms with E-state index < -0.39 is 0 Å². The number of nitrogens with one attached hydrogen (secondary N) is 2. The predicted molar refractivity (Wildman–Crippen MR) is 98.7 cm³/mol. The first-order valence-corrected chi connectivity index (χ1v) is 9.72. The van der Waals surface area contributed by atoms with Gasteiger partial charge in [0, 0.05) is 19.5 Å². The van der Waals surface area contributed by atoms with E-state index in [1.165, 1.54) is 31.0 Å². The summed E-state index contributed by atoms with van der Waals surface area (Å²) in [6.45, 7) is 6.12. The molecular weight excluding hydrogens is 346 g/mol. The SMILES string of the molecule is CCc1nc(SCC(=O)N2CCCC3(CCNCC3)CC2)n[nH]1.Cl. The molecule has 3 heterocycles. The van der Waals surface area contributed by atoms with Gasteiger partial charge in [-0.2, -0.15) is 0 Å². The van der Waals surface area contributed by atoms with Crippen molar-refractivity contribution >= 4 is 30.1 Å². The highest BCUT2D eigenvalue weighted by molar-refractivity contribution is 7.99. The Balaban J connectivity index is 0.00000208. The minimum atomic E-state index is 0. The summed E-state index contributed by atoms with van der Waals surface area (Å²) in [5, 5.41) is 11.2. The lowest BCUT2D eigenvalue weighted by Gasteiger charge is -2.37. The number of nitrogens with zero attached hydrogens (tertiary/aromatic N) is 3. The Morgan fingerprint density at radius 1 is 1.25 bits per heavy atom. The van der Waals surface area contributed by atoms with Crippen LogP contribution >= 0.6 is 24.2 Å². The van der Waals surface area contributed by atoms with Gasteiger partial charge in [0.1, 0.15) is 5.82 Å². The van der Waals surface area contributed by atoms with Gasteiger partial charge < -0.3 is 10.2 Å². The fourth-order valence-corrected chi connectivity index (χ4v) is 4.40. The number of hydrogen-bond acceptors (Lipinski definition) is 5. The average molecular weight is 374 g/mol.